The molecule has 3 heterocycles. The Bertz CT molecular complexity index is 1100. The highest BCUT2D eigenvalue weighted by atomic mass is 16.5. The van der Waals surface area contributed by atoms with Gasteiger partial charge in [-0.1, -0.05) is 13.3 Å². The first-order valence-corrected chi connectivity index (χ1v) is 8.74. The van der Waals surface area contributed by atoms with Crippen LogP contribution in [0.3, 0.4) is 0 Å². The summed E-state index contributed by atoms with van der Waals surface area (Å²) in [7, 11) is 1.60. The molecule has 0 amide bonds. The van der Waals surface area contributed by atoms with Gasteiger partial charge in [0, 0.05) is 25.5 Å². The number of esters is 1. The summed E-state index contributed by atoms with van der Waals surface area (Å²) in [4.78, 5) is 41.8. The molecular formula is C17H23N5O4. The number of aromatic nitrogens is 5. The summed E-state index contributed by atoms with van der Waals surface area (Å²) in [5, 5.41) is 0. The number of unbranched alkanes of at least 4 members (excludes halogenated alkanes) is 1. The molecule has 0 saturated carbocycles. The molecule has 26 heavy (non-hydrogen) atoms. The Morgan fingerprint density at radius 2 is 1.96 bits per heavy atom. The average molecular weight is 361 g/mol. The molecule has 0 aliphatic heterocycles. The molecule has 0 spiro atoms. The molecule has 0 aromatic carbocycles. The zero-order valence-electron chi connectivity index (χ0n) is 15.5. The van der Waals surface area contributed by atoms with Crippen LogP contribution in [0.1, 0.15) is 32.4 Å². The van der Waals surface area contributed by atoms with Crippen LogP contribution >= 0.6 is 0 Å². The van der Waals surface area contributed by atoms with E-state index in [4.69, 9.17) is 4.74 Å². The van der Waals surface area contributed by atoms with Crippen molar-refractivity contribution >= 4 is 22.9 Å². The molecule has 0 atom stereocenters. The maximum atomic E-state index is 12.9. The van der Waals surface area contributed by atoms with Crippen molar-refractivity contribution in [1.82, 2.24) is 23.1 Å². The van der Waals surface area contributed by atoms with Gasteiger partial charge in [0.05, 0.1) is 6.61 Å². The summed E-state index contributed by atoms with van der Waals surface area (Å²) < 4.78 is 11.0. The van der Waals surface area contributed by atoms with E-state index in [0.717, 1.165) is 18.5 Å². The Kier molecular flexibility index (Phi) is 4.71. The van der Waals surface area contributed by atoms with Crippen molar-refractivity contribution in [2.24, 2.45) is 7.05 Å². The van der Waals surface area contributed by atoms with Crippen molar-refractivity contribution in [3.8, 4) is 0 Å². The standard InChI is InChI=1S/C17H23N5O4/c1-5-7-8-20-15(24)13-14(19(4)17(20)25)18-16-21(10-12(23)26-6-2)11(3)9-22(13)16/h9H,5-8,10H2,1-4H3. The molecule has 3 rings (SSSR count). The van der Waals surface area contributed by atoms with E-state index in [1.54, 1.807) is 29.1 Å². The van der Waals surface area contributed by atoms with Crippen LogP contribution in [-0.4, -0.2) is 35.7 Å². The van der Waals surface area contributed by atoms with E-state index in [1.807, 2.05) is 13.8 Å². The van der Waals surface area contributed by atoms with E-state index in [2.05, 4.69) is 4.98 Å². The van der Waals surface area contributed by atoms with Crippen molar-refractivity contribution in [3.05, 3.63) is 32.7 Å². The summed E-state index contributed by atoms with van der Waals surface area (Å²) in [6.45, 7) is 6.24. The number of carbonyl (C=O) groups is 1. The van der Waals surface area contributed by atoms with Crippen LogP contribution in [0, 0.1) is 6.92 Å². The van der Waals surface area contributed by atoms with E-state index < -0.39 is 0 Å². The first kappa shape index (κ1) is 18.0. The minimum Gasteiger partial charge on any atom is -0.465 e. The number of fused-ring (bicyclic) bond motifs is 3. The summed E-state index contributed by atoms with van der Waals surface area (Å²) in [5.41, 5.74) is 0.669. The number of hydrogen-bond donors (Lipinski definition) is 0. The number of carbonyl (C=O) groups excluding carboxylic acids is 1. The number of rotatable bonds is 6. The van der Waals surface area contributed by atoms with E-state index >= 15 is 0 Å². The predicted molar refractivity (Wildman–Crippen MR) is 96.5 cm³/mol. The van der Waals surface area contributed by atoms with Crippen LogP contribution in [0.25, 0.3) is 16.9 Å². The minimum absolute atomic E-state index is 0.00251. The van der Waals surface area contributed by atoms with Gasteiger partial charge >= 0.3 is 11.7 Å². The third kappa shape index (κ3) is 2.73. The zero-order valence-corrected chi connectivity index (χ0v) is 15.5. The van der Waals surface area contributed by atoms with Crippen LogP contribution < -0.4 is 11.2 Å². The van der Waals surface area contributed by atoms with Gasteiger partial charge in [0.25, 0.3) is 5.56 Å². The Morgan fingerprint density at radius 1 is 1.23 bits per heavy atom. The average Bonchev–Trinajstić information content (AvgIpc) is 3.10. The number of ether oxygens (including phenoxy) is 1. The molecule has 0 aliphatic carbocycles. The van der Waals surface area contributed by atoms with Crippen LogP contribution in [-0.2, 0) is 29.7 Å². The van der Waals surface area contributed by atoms with Gasteiger partial charge in [-0.25, -0.2) is 4.79 Å². The number of imidazole rings is 2. The molecule has 3 aromatic rings. The van der Waals surface area contributed by atoms with Crippen molar-refractivity contribution in [2.75, 3.05) is 6.61 Å². The summed E-state index contributed by atoms with van der Waals surface area (Å²) in [5.74, 6) is 0.0564. The fourth-order valence-electron chi connectivity index (χ4n) is 3.10. The lowest BCUT2D eigenvalue weighted by molar-refractivity contribution is -0.143. The van der Waals surface area contributed by atoms with E-state index in [9.17, 15) is 14.4 Å². The quantitative estimate of drug-likeness (QED) is 0.606. The van der Waals surface area contributed by atoms with Crippen LogP contribution in [0.2, 0.25) is 0 Å². The highest BCUT2D eigenvalue weighted by Crippen LogP contribution is 2.16. The summed E-state index contributed by atoms with van der Waals surface area (Å²) in [6, 6.07) is 0. The van der Waals surface area contributed by atoms with Gasteiger partial charge in [0.15, 0.2) is 11.2 Å². The second kappa shape index (κ2) is 6.81. The zero-order chi connectivity index (χ0) is 19.0. The molecule has 0 N–H and O–H groups in total. The molecule has 0 bridgehead atoms. The second-order valence-corrected chi connectivity index (χ2v) is 6.27. The summed E-state index contributed by atoms with van der Waals surface area (Å²) >= 11 is 0. The Morgan fingerprint density at radius 3 is 2.62 bits per heavy atom. The molecule has 0 aliphatic rings. The second-order valence-electron chi connectivity index (χ2n) is 6.27. The molecule has 0 radical (unpaired) electrons. The molecular weight excluding hydrogens is 338 g/mol. The monoisotopic (exact) mass is 361 g/mol. The molecule has 0 unspecified atom stereocenters. The van der Waals surface area contributed by atoms with Crippen molar-refractivity contribution in [1.29, 1.82) is 0 Å². The smallest absolute Gasteiger partial charge is 0.332 e. The molecule has 140 valence electrons. The minimum atomic E-state index is -0.384. The Labute approximate surface area is 149 Å². The maximum Gasteiger partial charge on any atom is 0.332 e. The summed E-state index contributed by atoms with van der Waals surface area (Å²) in [6.07, 6.45) is 3.37. The lowest BCUT2D eigenvalue weighted by atomic mass is 10.3. The third-order valence-electron chi connectivity index (χ3n) is 4.47. The molecule has 0 fully saturated rings. The lowest BCUT2D eigenvalue weighted by Crippen LogP contribution is -2.39. The van der Waals surface area contributed by atoms with E-state index in [0.29, 0.717) is 30.1 Å². The Balaban J connectivity index is 2.27. The van der Waals surface area contributed by atoms with Crippen LogP contribution in [0.5, 0.6) is 0 Å². The Hall–Kier alpha value is -2.84. The molecule has 3 aromatic heterocycles. The first-order valence-electron chi connectivity index (χ1n) is 8.74. The highest BCUT2D eigenvalue weighted by molar-refractivity contribution is 5.77. The van der Waals surface area contributed by atoms with Gasteiger partial charge < -0.3 is 9.30 Å². The number of aryl methyl sites for hydroxylation is 2. The van der Waals surface area contributed by atoms with Gasteiger partial charge in [-0.2, -0.15) is 4.98 Å². The lowest BCUT2D eigenvalue weighted by Gasteiger charge is -2.07. The van der Waals surface area contributed by atoms with Gasteiger partial charge in [0.2, 0.25) is 5.78 Å². The predicted octanol–water partition coefficient (Wildman–Crippen LogP) is 0.821. The third-order valence-corrected chi connectivity index (χ3v) is 4.47. The van der Waals surface area contributed by atoms with E-state index in [-0.39, 0.29) is 23.8 Å². The normalized spacial score (nSPS) is 11.5. The highest BCUT2D eigenvalue weighted by Gasteiger charge is 2.21. The molecule has 9 heteroatoms. The van der Waals surface area contributed by atoms with Crippen molar-refractivity contribution < 1.29 is 9.53 Å². The topological polar surface area (TPSA) is 92.5 Å². The van der Waals surface area contributed by atoms with Gasteiger partial charge in [-0.15, -0.1) is 0 Å². The fourth-order valence-corrected chi connectivity index (χ4v) is 3.10. The first-order chi connectivity index (χ1) is 12.4. The maximum absolute atomic E-state index is 12.9. The van der Waals surface area contributed by atoms with Crippen molar-refractivity contribution in [3.63, 3.8) is 0 Å². The number of hydrogen-bond acceptors (Lipinski definition) is 5. The van der Waals surface area contributed by atoms with Gasteiger partial charge in [0.1, 0.15) is 6.54 Å². The molecule has 9 nitrogen and oxygen atoms in total. The van der Waals surface area contributed by atoms with E-state index in [1.165, 1.54) is 9.13 Å². The SMILES string of the molecule is CCCCn1c(=O)c2c(nc3n(CC(=O)OCC)c(C)cn23)n(C)c1=O. The largest absolute Gasteiger partial charge is 0.465 e. The fraction of sp³-hybridized carbons (Fsp3) is 0.529. The van der Waals surface area contributed by atoms with Gasteiger partial charge in [-0.3, -0.25) is 23.1 Å². The van der Waals surface area contributed by atoms with Crippen LogP contribution in [0.4, 0.5) is 0 Å². The van der Waals surface area contributed by atoms with Crippen LogP contribution in [0.15, 0.2) is 15.8 Å². The number of nitrogens with zero attached hydrogens (tertiary/aromatic N) is 5. The molecule has 0 saturated heterocycles. The van der Waals surface area contributed by atoms with Gasteiger partial charge in [-0.05, 0) is 20.3 Å². The van der Waals surface area contributed by atoms with Crippen molar-refractivity contribution in [2.45, 2.75) is 46.7 Å².